The van der Waals surface area contributed by atoms with Gasteiger partial charge in [0.25, 0.3) is 0 Å². The van der Waals surface area contributed by atoms with Crippen molar-refractivity contribution in [3.63, 3.8) is 0 Å². The highest BCUT2D eigenvalue weighted by Gasteiger charge is 2.22. The second-order valence-corrected chi connectivity index (χ2v) is 5.34. The molecule has 0 aliphatic rings. The lowest BCUT2D eigenvalue weighted by atomic mass is 10.0. The Bertz CT molecular complexity index is 270. The van der Waals surface area contributed by atoms with E-state index in [4.69, 9.17) is 10.2 Å². The van der Waals surface area contributed by atoms with Crippen molar-refractivity contribution in [1.82, 2.24) is 10.2 Å². The van der Waals surface area contributed by atoms with Crippen LogP contribution in [0, 0.1) is 11.8 Å². The highest BCUT2D eigenvalue weighted by atomic mass is 16.4. The minimum absolute atomic E-state index is 0.146. The number of carboxylic acid groups (broad SMARTS) is 2. The fraction of sp³-hybridized carbons (Fsp3) is 0.846. The van der Waals surface area contributed by atoms with E-state index in [9.17, 15) is 9.59 Å². The van der Waals surface area contributed by atoms with Gasteiger partial charge in [-0.3, -0.25) is 14.5 Å². The summed E-state index contributed by atoms with van der Waals surface area (Å²) >= 11 is 0. The van der Waals surface area contributed by atoms with Crippen molar-refractivity contribution in [2.24, 2.45) is 11.8 Å². The summed E-state index contributed by atoms with van der Waals surface area (Å²) in [5.41, 5.74) is 0. The maximum Gasteiger partial charge on any atom is 0.321 e. The second kappa shape index (κ2) is 9.75. The fourth-order valence-corrected chi connectivity index (χ4v) is 1.84. The molecule has 0 fully saturated rings. The van der Waals surface area contributed by atoms with Gasteiger partial charge in [0.05, 0.1) is 0 Å². The predicted octanol–water partition coefficient (Wildman–Crippen LogP) is 0.972. The van der Waals surface area contributed by atoms with Gasteiger partial charge in [-0.15, -0.1) is 0 Å². The molecule has 0 amide bonds. The average molecular weight is 276 g/mol. The molecule has 0 aromatic heterocycles. The van der Waals surface area contributed by atoms with Gasteiger partial charge in [0.2, 0.25) is 0 Å². The Balaban J connectivity index is 0. The van der Waals surface area contributed by atoms with E-state index in [2.05, 4.69) is 5.32 Å². The molecule has 114 valence electrons. The molecule has 0 unspecified atom stereocenters. The van der Waals surface area contributed by atoms with Crippen molar-refractivity contribution in [1.29, 1.82) is 0 Å². The Morgan fingerprint density at radius 1 is 0.947 bits per heavy atom. The first-order chi connectivity index (χ1) is 8.56. The molecule has 0 spiro atoms. The SMILES string of the molecule is CC(C)[C@@H](C(=O)O)N(C)C.CN[C@H](C(=O)O)C(C)C. The van der Waals surface area contributed by atoms with E-state index in [1.807, 2.05) is 27.7 Å². The summed E-state index contributed by atoms with van der Waals surface area (Å²) in [7, 11) is 5.20. The molecule has 0 heterocycles. The number of nitrogens with one attached hydrogen (secondary N) is 1. The molecule has 0 radical (unpaired) electrons. The predicted molar refractivity (Wildman–Crippen MR) is 75.3 cm³/mol. The summed E-state index contributed by atoms with van der Waals surface area (Å²) in [5.74, 6) is -1.23. The molecule has 2 atom stereocenters. The smallest absolute Gasteiger partial charge is 0.321 e. The third-order valence-electron chi connectivity index (χ3n) is 2.68. The highest BCUT2D eigenvalue weighted by molar-refractivity contribution is 5.74. The molecular formula is C13H28N2O4. The summed E-state index contributed by atoms with van der Waals surface area (Å²) in [5, 5.41) is 19.9. The monoisotopic (exact) mass is 276 g/mol. The van der Waals surface area contributed by atoms with E-state index in [1.54, 1.807) is 26.0 Å². The molecule has 0 aromatic carbocycles. The molecule has 0 saturated carbocycles. The number of likely N-dealkylation sites (N-methyl/N-ethyl adjacent to an activating group) is 2. The minimum Gasteiger partial charge on any atom is -0.480 e. The zero-order valence-corrected chi connectivity index (χ0v) is 13.0. The zero-order chi connectivity index (χ0) is 15.7. The average Bonchev–Trinajstić information content (AvgIpc) is 2.15. The minimum atomic E-state index is -0.785. The third-order valence-corrected chi connectivity index (χ3v) is 2.68. The summed E-state index contributed by atoms with van der Waals surface area (Å²) in [6.07, 6.45) is 0. The topological polar surface area (TPSA) is 89.9 Å². The molecule has 6 heteroatoms. The van der Waals surface area contributed by atoms with Gasteiger partial charge in [0, 0.05) is 0 Å². The molecule has 0 aromatic rings. The van der Waals surface area contributed by atoms with E-state index in [-0.39, 0.29) is 17.9 Å². The Hall–Kier alpha value is -1.14. The molecule has 0 aliphatic heterocycles. The van der Waals surface area contributed by atoms with Crippen LogP contribution in [0.15, 0.2) is 0 Å². The summed E-state index contributed by atoms with van der Waals surface area (Å²) < 4.78 is 0. The van der Waals surface area contributed by atoms with Crippen LogP contribution in [0.1, 0.15) is 27.7 Å². The molecule has 0 aliphatic carbocycles. The number of nitrogens with zero attached hydrogens (tertiary/aromatic N) is 1. The molecular weight excluding hydrogens is 248 g/mol. The Labute approximate surface area is 115 Å². The summed E-state index contributed by atoms with van der Waals surface area (Å²) in [6.45, 7) is 7.54. The van der Waals surface area contributed by atoms with E-state index < -0.39 is 18.0 Å². The normalized spacial score (nSPS) is 14.0. The molecule has 0 rings (SSSR count). The number of aliphatic carboxylic acids is 2. The Kier molecular flexibility index (Phi) is 10.4. The quantitative estimate of drug-likeness (QED) is 0.670. The maximum absolute atomic E-state index is 10.5. The highest BCUT2D eigenvalue weighted by Crippen LogP contribution is 2.06. The van der Waals surface area contributed by atoms with Gasteiger partial charge in [0.15, 0.2) is 0 Å². The lowest BCUT2D eigenvalue weighted by molar-refractivity contribution is -0.144. The number of carbonyl (C=O) groups is 2. The van der Waals surface area contributed by atoms with Crippen molar-refractivity contribution in [3.05, 3.63) is 0 Å². The van der Waals surface area contributed by atoms with Crippen LogP contribution in [-0.4, -0.2) is 60.3 Å². The van der Waals surface area contributed by atoms with Crippen LogP contribution in [0.2, 0.25) is 0 Å². The van der Waals surface area contributed by atoms with Gasteiger partial charge >= 0.3 is 11.9 Å². The second-order valence-electron chi connectivity index (χ2n) is 5.34. The fourth-order valence-electron chi connectivity index (χ4n) is 1.84. The number of hydrogen-bond acceptors (Lipinski definition) is 4. The largest absolute Gasteiger partial charge is 0.480 e. The van der Waals surface area contributed by atoms with Gasteiger partial charge in [-0.25, -0.2) is 0 Å². The lowest BCUT2D eigenvalue weighted by Gasteiger charge is -2.22. The summed E-state index contributed by atoms with van der Waals surface area (Å²) in [6, 6.07) is -0.773. The van der Waals surface area contributed by atoms with Crippen molar-refractivity contribution in [2.75, 3.05) is 21.1 Å². The van der Waals surface area contributed by atoms with Crippen LogP contribution >= 0.6 is 0 Å². The van der Waals surface area contributed by atoms with Crippen LogP contribution in [0.3, 0.4) is 0 Å². The van der Waals surface area contributed by atoms with Gasteiger partial charge in [-0.1, -0.05) is 27.7 Å². The van der Waals surface area contributed by atoms with E-state index in [0.29, 0.717) is 0 Å². The molecule has 6 nitrogen and oxygen atoms in total. The molecule has 0 saturated heterocycles. The molecule has 19 heavy (non-hydrogen) atoms. The van der Waals surface area contributed by atoms with Crippen LogP contribution in [0.5, 0.6) is 0 Å². The standard InChI is InChI=1S/C7H15NO2.C6H13NO2/c1-5(2)6(7(9)10)8(3)4;1-4(2)5(7-3)6(8)9/h5-6H,1-4H3,(H,9,10);4-5,7H,1-3H3,(H,8,9)/t6-;5-/m00/s1. The van der Waals surface area contributed by atoms with Crippen molar-refractivity contribution >= 4 is 11.9 Å². The first-order valence-corrected chi connectivity index (χ1v) is 6.35. The zero-order valence-electron chi connectivity index (χ0n) is 13.0. The van der Waals surface area contributed by atoms with Gasteiger partial charge in [-0.2, -0.15) is 0 Å². The third kappa shape index (κ3) is 8.56. The lowest BCUT2D eigenvalue weighted by Crippen LogP contribution is -2.39. The van der Waals surface area contributed by atoms with Crippen molar-refractivity contribution in [3.8, 4) is 0 Å². The maximum atomic E-state index is 10.5. The Morgan fingerprint density at radius 2 is 1.37 bits per heavy atom. The van der Waals surface area contributed by atoms with E-state index in [1.165, 1.54) is 0 Å². The number of rotatable bonds is 6. The van der Waals surface area contributed by atoms with Crippen LogP contribution in [0.4, 0.5) is 0 Å². The molecule has 0 bridgehead atoms. The number of carboxylic acids is 2. The summed E-state index contributed by atoms with van der Waals surface area (Å²) in [4.78, 5) is 22.6. The van der Waals surface area contributed by atoms with Gasteiger partial charge in [-0.05, 0) is 33.0 Å². The van der Waals surface area contributed by atoms with E-state index in [0.717, 1.165) is 0 Å². The molecule has 3 N–H and O–H groups in total. The Morgan fingerprint density at radius 3 is 1.37 bits per heavy atom. The first kappa shape index (κ1) is 20.2. The van der Waals surface area contributed by atoms with E-state index >= 15 is 0 Å². The van der Waals surface area contributed by atoms with Gasteiger partial charge < -0.3 is 15.5 Å². The van der Waals surface area contributed by atoms with Gasteiger partial charge in [0.1, 0.15) is 12.1 Å². The first-order valence-electron chi connectivity index (χ1n) is 6.35. The van der Waals surface area contributed by atoms with Crippen molar-refractivity contribution < 1.29 is 19.8 Å². The number of hydrogen-bond donors (Lipinski definition) is 3. The van der Waals surface area contributed by atoms with Crippen LogP contribution < -0.4 is 5.32 Å². The van der Waals surface area contributed by atoms with Crippen molar-refractivity contribution in [2.45, 2.75) is 39.8 Å². The van der Waals surface area contributed by atoms with Crippen LogP contribution in [0.25, 0.3) is 0 Å². The van der Waals surface area contributed by atoms with Crippen LogP contribution in [-0.2, 0) is 9.59 Å².